The van der Waals surface area contributed by atoms with E-state index in [1.807, 2.05) is 0 Å². The van der Waals surface area contributed by atoms with Crippen molar-refractivity contribution in [3.05, 3.63) is 33.9 Å². The molecule has 1 atom stereocenters. The van der Waals surface area contributed by atoms with Gasteiger partial charge in [0.1, 0.15) is 5.69 Å². The van der Waals surface area contributed by atoms with E-state index in [0.29, 0.717) is 12.1 Å². The maximum atomic E-state index is 13.3. The van der Waals surface area contributed by atoms with Gasteiger partial charge in [-0.05, 0) is 0 Å². The SMILES string of the molecule is CS(=O)CCNc1c(F)cc([N+](=O)[O-])cc1F. The highest BCUT2D eigenvalue weighted by molar-refractivity contribution is 7.84. The molecule has 0 fully saturated rings. The van der Waals surface area contributed by atoms with Crippen molar-refractivity contribution >= 4 is 22.2 Å². The number of rotatable bonds is 5. The van der Waals surface area contributed by atoms with E-state index in [1.165, 1.54) is 6.26 Å². The van der Waals surface area contributed by atoms with Crippen molar-refractivity contribution in [1.29, 1.82) is 0 Å². The smallest absolute Gasteiger partial charge is 0.275 e. The molecule has 0 saturated heterocycles. The van der Waals surface area contributed by atoms with Crippen LogP contribution in [0.25, 0.3) is 0 Å². The normalized spacial score (nSPS) is 12.2. The molecule has 1 N–H and O–H groups in total. The summed E-state index contributed by atoms with van der Waals surface area (Å²) in [6.45, 7) is 0.120. The first-order valence-electron chi connectivity index (χ1n) is 4.59. The highest BCUT2D eigenvalue weighted by atomic mass is 32.2. The summed E-state index contributed by atoms with van der Waals surface area (Å²) in [7, 11) is -1.08. The fraction of sp³-hybridized carbons (Fsp3) is 0.333. The average Bonchev–Trinajstić information content (AvgIpc) is 2.21. The Morgan fingerprint density at radius 3 is 2.35 bits per heavy atom. The second kappa shape index (κ2) is 5.67. The van der Waals surface area contributed by atoms with Gasteiger partial charge in [-0.3, -0.25) is 14.3 Å². The number of hydrogen-bond donors (Lipinski definition) is 1. The second-order valence-electron chi connectivity index (χ2n) is 3.25. The molecule has 0 aromatic heterocycles. The predicted octanol–water partition coefficient (Wildman–Crippen LogP) is 1.66. The molecular weight excluding hydrogens is 254 g/mol. The summed E-state index contributed by atoms with van der Waals surface area (Å²) in [6, 6.07) is 1.27. The summed E-state index contributed by atoms with van der Waals surface area (Å²) in [4.78, 5) is 9.45. The standard InChI is InChI=1S/C9H10F2N2O3S/c1-17(16)3-2-12-9-7(10)4-6(13(14)15)5-8(9)11/h4-5,12H,2-3H2,1H3. The molecule has 17 heavy (non-hydrogen) atoms. The Morgan fingerprint density at radius 1 is 1.41 bits per heavy atom. The molecule has 0 heterocycles. The minimum Gasteiger partial charge on any atom is -0.379 e. The molecule has 0 radical (unpaired) electrons. The molecule has 0 aliphatic rings. The van der Waals surface area contributed by atoms with Crippen molar-refractivity contribution in [3.8, 4) is 0 Å². The van der Waals surface area contributed by atoms with Crippen molar-refractivity contribution in [1.82, 2.24) is 0 Å². The first-order chi connectivity index (χ1) is 7.91. The van der Waals surface area contributed by atoms with Gasteiger partial charge >= 0.3 is 0 Å². The molecule has 1 unspecified atom stereocenters. The monoisotopic (exact) mass is 264 g/mol. The molecule has 1 aromatic rings. The Morgan fingerprint density at radius 2 is 1.94 bits per heavy atom. The topological polar surface area (TPSA) is 72.2 Å². The third-order valence-electron chi connectivity index (χ3n) is 1.93. The van der Waals surface area contributed by atoms with Crippen LogP contribution < -0.4 is 5.32 Å². The summed E-state index contributed by atoms with van der Waals surface area (Å²) < 4.78 is 37.4. The molecular formula is C9H10F2N2O3S. The molecule has 1 aromatic carbocycles. The van der Waals surface area contributed by atoms with Gasteiger partial charge in [-0.15, -0.1) is 0 Å². The number of halogens is 2. The number of nitrogens with one attached hydrogen (secondary N) is 1. The molecule has 0 aliphatic heterocycles. The number of hydrogen-bond acceptors (Lipinski definition) is 4. The Balaban J connectivity index is 2.86. The van der Waals surface area contributed by atoms with Crippen LogP contribution in [0.5, 0.6) is 0 Å². The first kappa shape index (κ1) is 13.5. The minimum absolute atomic E-state index is 0.120. The summed E-state index contributed by atoms with van der Waals surface area (Å²) in [5.74, 6) is -1.85. The predicted molar refractivity (Wildman–Crippen MR) is 60.4 cm³/mol. The van der Waals surface area contributed by atoms with E-state index in [-0.39, 0.29) is 12.3 Å². The highest BCUT2D eigenvalue weighted by Gasteiger charge is 2.16. The molecule has 0 bridgehead atoms. The number of anilines is 1. The van der Waals surface area contributed by atoms with Gasteiger partial charge in [0.15, 0.2) is 11.6 Å². The summed E-state index contributed by atoms with van der Waals surface area (Å²) in [5, 5.41) is 12.7. The van der Waals surface area contributed by atoms with Crippen molar-refractivity contribution in [2.75, 3.05) is 23.9 Å². The highest BCUT2D eigenvalue weighted by Crippen LogP contribution is 2.24. The van der Waals surface area contributed by atoms with Crippen LogP contribution in [0.4, 0.5) is 20.2 Å². The molecule has 0 amide bonds. The van der Waals surface area contributed by atoms with E-state index in [9.17, 15) is 23.1 Å². The van der Waals surface area contributed by atoms with Crippen LogP contribution in [0.3, 0.4) is 0 Å². The fourth-order valence-corrected chi connectivity index (χ4v) is 1.54. The maximum Gasteiger partial charge on any atom is 0.275 e. The molecule has 1 rings (SSSR count). The van der Waals surface area contributed by atoms with Crippen LogP contribution in [0.1, 0.15) is 0 Å². The number of benzene rings is 1. The van der Waals surface area contributed by atoms with E-state index >= 15 is 0 Å². The zero-order valence-electron chi connectivity index (χ0n) is 8.91. The van der Waals surface area contributed by atoms with Crippen molar-refractivity contribution in [3.63, 3.8) is 0 Å². The second-order valence-corrected chi connectivity index (χ2v) is 4.80. The van der Waals surface area contributed by atoms with Gasteiger partial charge in [-0.2, -0.15) is 0 Å². The third kappa shape index (κ3) is 3.74. The van der Waals surface area contributed by atoms with E-state index in [4.69, 9.17) is 0 Å². The summed E-state index contributed by atoms with van der Waals surface area (Å²) >= 11 is 0. The molecule has 8 heteroatoms. The Kier molecular flexibility index (Phi) is 4.50. The molecule has 0 spiro atoms. The lowest BCUT2D eigenvalue weighted by Gasteiger charge is -2.07. The zero-order valence-corrected chi connectivity index (χ0v) is 9.72. The van der Waals surface area contributed by atoms with Crippen LogP contribution in [-0.4, -0.2) is 27.7 Å². The number of non-ortho nitro benzene ring substituents is 1. The third-order valence-corrected chi connectivity index (χ3v) is 2.71. The van der Waals surface area contributed by atoms with Gasteiger partial charge in [-0.25, -0.2) is 8.78 Å². The van der Waals surface area contributed by atoms with E-state index in [2.05, 4.69) is 5.32 Å². The number of nitro benzene ring substituents is 1. The van der Waals surface area contributed by atoms with Gasteiger partial charge in [0, 0.05) is 29.4 Å². The number of nitrogens with zero attached hydrogens (tertiary/aromatic N) is 1. The Hall–Kier alpha value is -1.57. The summed E-state index contributed by atoms with van der Waals surface area (Å²) in [6.07, 6.45) is 1.46. The quantitative estimate of drug-likeness (QED) is 0.648. The maximum absolute atomic E-state index is 13.3. The van der Waals surface area contributed by atoms with Crippen LogP contribution in [0.15, 0.2) is 12.1 Å². The summed E-state index contributed by atoms with van der Waals surface area (Å²) in [5.41, 5.74) is -1.09. The van der Waals surface area contributed by atoms with Gasteiger partial charge < -0.3 is 5.32 Å². The minimum atomic E-state index is -1.08. The molecule has 0 saturated carbocycles. The van der Waals surface area contributed by atoms with E-state index in [1.54, 1.807) is 0 Å². The van der Waals surface area contributed by atoms with Crippen LogP contribution >= 0.6 is 0 Å². The van der Waals surface area contributed by atoms with Crippen LogP contribution in [0, 0.1) is 21.7 Å². The molecule has 5 nitrogen and oxygen atoms in total. The largest absolute Gasteiger partial charge is 0.379 e. The number of nitro groups is 1. The van der Waals surface area contributed by atoms with E-state index < -0.39 is 38.7 Å². The molecule has 0 aliphatic carbocycles. The zero-order chi connectivity index (χ0) is 13.0. The van der Waals surface area contributed by atoms with Crippen molar-refractivity contribution in [2.24, 2.45) is 0 Å². The van der Waals surface area contributed by atoms with Gasteiger partial charge in [-0.1, -0.05) is 0 Å². The Labute approximate surface area is 98.4 Å². The van der Waals surface area contributed by atoms with Gasteiger partial charge in [0.25, 0.3) is 5.69 Å². The lowest BCUT2D eigenvalue weighted by molar-refractivity contribution is -0.385. The fourth-order valence-electron chi connectivity index (χ4n) is 1.15. The Bertz CT molecular complexity index is 445. The van der Waals surface area contributed by atoms with E-state index in [0.717, 1.165) is 0 Å². The van der Waals surface area contributed by atoms with Crippen molar-refractivity contribution < 1.29 is 17.9 Å². The molecule has 94 valence electrons. The van der Waals surface area contributed by atoms with Crippen molar-refractivity contribution in [2.45, 2.75) is 0 Å². The lowest BCUT2D eigenvalue weighted by Crippen LogP contribution is -2.12. The van der Waals surface area contributed by atoms with Gasteiger partial charge in [0.2, 0.25) is 0 Å². The average molecular weight is 264 g/mol. The van der Waals surface area contributed by atoms with Gasteiger partial charge in [0.05, 0.1) is 17.1 Å². The lowest BCUT2D eigenvalue weighted by atomic mass is 10.2. The first-order valence-corrected chi connectivity index (χ1v) is 6.32. The van der Waals surface area contributed by atoms with Crippen LogP contribution in [-0.2, 0) is 10.8 Å². The van der Waals surface area contributed by atoms with Crippen LogP contribution in [0.2, 0.25) is 0 Å².